The van der Waals surface area contributed by atoms with E-state index in [0.29, 0.717) is 5.82 Å². The lowest BCUT2D eigenvalue weighted by atomic mass is 10.2. The molecule has 0 radical (unpaired) electrons. The van der Waals surface area contributed by atoms with E-state index in [4.69, 9.17) is 0 Å². The number of carbonyl (C=O) groups is 1. The molecule has 112 valence electrons. The molecule has 0 amide bonds. The maximum Gasteiger partial charge on any atom is 0.341 e. The van der Waals surface area contributed by atoms with Crippen molar-refractivity contribution in [3.05, 3.63) is 42.0 Å². The van der Waals surface area contributed by atoms with Crippen molar-refractivity contribution < 1.29 is 23.1 Å². The zero-order valence-corrected chi connectivity index (χ0v) is 11.8. The quantitative estimate of drug-likeness (QED) is 0.686. The van der Waals surface area contributed by atoms with Crippen molar-refractivity contribution in [1.82, 2.24) is 14.7 Å². The third-order valence-corrected chi connectivity index (χ3v) is 4.07. The molecule has 3 N–H and O–H groups in total. The van der Waals surface area contributed by atoms with Gasteiger partial charge in [0.25, 0.3) is 0 Å². The standard InChI is InChI=1S/C12H13N3O5S/c1-20-12(17)9-6-8(2-3-10(9)16)21(18,19)15-7-11-13-4-5-14-11/h2-6,15-16H,7H2,1H3,(H,13,14). The highest BCUT2D eigenvalue weighted by atomic mass is 32.2. The number of imidazole rings is 1. The Morgan fingerprint density at radius 3 is 2.86 bits per heavy atom. The van der Waals surface area contributed by atoms with Crippen molar-refractivity contribution in [2.45, 2.75) is 11.4 Å². The van der Waals surface area contributed by atoms with E-state index < -0.39 is 16.0 Å². The van der Waals surface area contributed by atoms with Crippen molar-refractivity contribution in [3.63, 3.8) is 0 Å². The number of H-pyrrole nitrogens is 1. The van der Waals surface area contributed by atoms with Gasteiger partial charge in [-0.3, -0.25) is 0 Å². The van der Waals surface area contributed by atoms with Crippen LogP contribution in [0.3, 0.4) is 0 Å². The van der Waals surface area contributed by atoms with Gasteiger partial charge in [-0.25, -0.2) is 22.9 Å². The number of rotatable bonds is 5. The lowest BCUT2D eigenvalue weighted by Gasteiger charge is -2.08. The molecule has 1 heterocycles. The average Bonchev–Trinajstić information content (AvgIpc) is 2.98. The van der Waals surface area contributed by atoms with Crippen LogP contribution < -0.4 is 4.72 Å². The zero-order valence-electron chi connectivity index (χ0n) is 11.0. The Morgan fingerprint density at radius 1 is 1.48 bits per heavy atom. The van der Waals surface area contributed by atoms with Crippen LogP contribution in [0.2, 0.25) is 0 Å². The van der Waals surface area contributed by atoms with Crippen LogP contribution in [0, 0.1) is 0 Å². The minimum atomic E-state index is -3.85. The fraction of sp³-hybridized carbons (Fsp3) is 0.167. The summed E-state index contributed by atoms with van der Waals surface area (Å²) in [5, 5.41) is 9.55. The third kappa shape index (κ3) is 3.38. The number of nitrogens with zero attached hydrogens (tertiary/aromatic N) is 1. The summed E-state index contributed by atoms with van der Waals surface area (Å²) in [7, 11) is -2.71. The van der Waals surface area contributed by atoms with Gasteiger partial charge in [-0.1, -0.05) is 0 Å². The van der Waals surface area contributed by atoms with Crippen molar-refractivity contribution in [1.29, 1.82) is 0 Å². The Kier molecular flexibility index (Phi) is 4.24. The Bertz CT molecular complexity index is 740. The van der Waals surface area contributed by atoms with Crippen LogP contribution in [0.1, 0.15) is 16.2 Å². The topological polar surface area (TPSA) is 121 Å². The first-order valence-corrected chi connectivity index (χ1v) is 7.31. The number of phenolic OH excluding ortho intramolecular Hbond substituents is 1. The van der Waals surface area contributed by atoms with Gasteiger partial charge in [-0.05, 0) is 18.2 Å². The summed E-state index contributed by atoms with van der Waals surface area (Å²) < 4.78 is 31.0. The van der Waals surface area contributed by atoms with Gasteiger partial charge < -0.3 is 14.8 Å². The smallest absolute Gasteiger partial charge is 0.341 e. The number of sulfonamides is 1. The number of esters is 1. The Hall–Kier alpha value is -2.39. The highest BCUT2D eigenvalue weighted by Gasteiger charge is 2.19. The van der Waals surface area contributed by atoms with Crippen LogP contribution in [0.5, 0.6) is 5.75 Å². The van der Waals surface area contributed by atoms with Crippen molar-refractivity contribution >= 4 is 16.0 Å². The van der Waals surface area contributed by atoms with Gasteiger partial charge in [0.05, 0.1) is 18.6 Å². The molecule has 1 aromatic carbocycles. The molecule has 0 aliphatic rings. The number of benzene rings is 1. The number of ether oxygens (including phenoxy) is 1. The predicted octanol–water partition coefficient (Wildman–Crippen LogP) is 0.380. The molecular weight excluding hydrogens is 298 g/mol. The number of aromatic nitrogens is 2. The molecular formula is C12H13N3O5S. The number of hydrogen-bond acceptors (Lipinski definition) is 6. The van der Waals surface area contributed by atoms with Gasteiger partial charge in [0, 0.05) is 12.4 Å². The van der Waals surface area contributed by atoms with Crippen LogP contribution in [-0.2, 0) is 21.3 Å². The minimum Gasteiger partial charge on any atom is -0.507 e. The molecule has 0 aliphatic carbocycles. The molecule has 1 aromatic heterocycles. The van der Waals surface area contributed by atoms with Gasteiger partial charge in [-0.2, -0.15) is 0 Å². The van der Waals surface area contributed by atoms with E-state index in [1.807, 2.05) is 0 Å². The van der Waals surface area contributed by atoms with E-state index >= 15 is 0 Å². The summed E-state index contributed by atoms with van der Waals surface area (Å²) in [6.45, 7) is -0.0240. The molecule has 0 saturated heterocycles. The first-order valence-electron chi connectivity index (χ1n) is 5.83. The van der Waals surface area contributed by atoms with Gasteiger partial charge in [-0.15, -0.1) is 0 Å². The van der Waals surface area contributed by atoms with Crippen LogP contribution in [0.25, 0.3) is 0 Å². The second kappa shape index (κ2) is 5.94. The van der Waals surface area contributed by atoms with Gasteiger partial charge in [0.15, 0.2) is 0 Å². The number of aromatic amines is 1. The van der Waals surface area contributed by atoms with Crippen LogP contribution in [0.15, 0.2) is 35.5 Å². The molecule has 2 aromatic rings. The molecule has 2 rings (SSSR count). The first-order chi connectivity index (χ1) is 9.94. The number of carbonyl (C=O) groups excluding carboxylic acids is 1. The van der Waals surface area contributed by atoms with Crippen molar-refractivity contribution in [2.24, 2.45) is 0 Å². The lowest BCUT2D eigenvalue weighted by molar-refractivity contribution is 0.0597. The van der Waals surface area contributed by atoms with Crippen molar-refractivity contribution in [2.75, 3.05) is 7.11 Å². The first kappa shape index (κ1) is 15.0. The maximum absolute atomic E-state index is 12.1. The zero-order chi connectivity index (χ0) is 15.5. The second-order valence-corrected chi connectivity index (χ2v) is 5.80. The number of aromatic hydroxyl groups is 1. The summed E-state index contributed by atoms with van der Waals surface area (Å²) in [6, 6.07) is 3.35. The number of nitrogens with one attached hydrogen (secondary N) is 2. The van der Waals surface area contributed by atoms with Crippen LogP contribution in [0.4, 0.5) is 0 Å². The number of methoxy groups -OCH3 is 1. The van der Waals surface area contributed by atoms with Crippen LogP contribution in [-0.4, -0.2) is 36.6 Å². The van der Waals surface area contributed by atoms with E-state index in [9.17, 15) is 18.3 Å². The van der Waals surface area contributed by atoms with Gasteiger partial charge in [0.2, 0.25) is 10.0 Å². The molecule has 0 atom stereocenters. The summed E-state index contributed by atoms with van der Waals surface area (Å²) in [6.07, 6.45) is 3.07. The normalized spacial score (nSPS) is 11.3. The summed E-state index contributed by atoms with van der Waals surface area (Å²) in [5.41, 5.74) is -0.224. The Labute approximate surface area is 120 Å². The minimum absolute atomic E-state index is 0.0240. The maximum atomic E-state index is 12.1. The average molecular weight is 311 g/mol. The molecule has 0 spiro atoms. The molecule has 9 heteroatoms. The Morgan fingerprint density at radius 2 is 2.24 bits per heavy atom. The molecule has 0 saturated carbocycles. The van der Waals surface area contributed by atoms with E-state index in [1.54, 1.807) is 6.20 Å². The van der Waals surface area contributed by atoms with Crippen LogP contribution >= 0.6 is 0 Å². The fourth-order valence-electron chi connectivity index (χ4n) is 1.60. The second-order valence-electron chi connectivity index (χ2n) is 4.03. The van der Waals surface area contributed by atoms with E-state index in [1.165, 1.54) is 12.3 Å². The molecule has 21 heavy (non-hydrogen) atoms. The number of phenols is 1. The third-order valence-electron chi connectivity index (χ3n) is 2.67. The summed E-state index contributed by atoms with van der Waals surface area (Å²) >= 11 is 0. The fourth-order valence-corrected chi connectivity index (χ4v) is 2.61. The molecule has 0 bridgehead atoms. The Balaban J connectivity index is 2.25. The highest BCUT2D eigenvalue weighted by molar-refractivity contribution is 7.89. The molecule has 0 aliphatic heterocycles. The summed E-state index contributed by atoms with van der Waals surface area (Å²) in [4.78, 5) is 17.9. The summed E-state index contributed by atoms with van der Waals surface area (Å²) in [5.74, 6) is -0.729. The highest BCUT2D eigenvalue weighted by Crippen LogP contribution is 2.22. The van der Waals surface area contributed by atoms with E-state index in [-0.39, 0.29) is 22.8 Å². The largest absolute Gasteiger partial charge is 0.507 e. The van der Waals surface area contributed by atoms with Crippen molar-refractivity contribution in [3.8, 4) is 5.75 Å². The lowest BCUT2D eigenvalue weighted by Crippen LogP contribution is -2.24. The van der Waals surface area contributed by atoms with E-state index in [2.05, 4.69) is 19.4 Å². The predicted molar refractivity (Wildman–Crippen MR) is 72.1 cm³/mol. The number of hydrogen-bond donors (Lipinski definition) is 3. The van der Waals surface area contributed by atoms with E-state index in [0.717, 1.165) is 19.2 Å². The molecule has 0 unspecified atom stereocenters. The molecule has 8 nitrogen and oxygen atoms in total. The van der Waals surface area contributed by atoms with Gasteiger partial charge >= 0.3 is 5.97 Å². The monoisotopic (exact) mass is 311 g/mol. The molecule has 0 fully saturated rings. The SMILES string of the molecule is COC(=O)c1cc(S(=O)(=O)NCc2ncc[nH]2)ccc1O. The van der Waals surface area contributed by atoms with Gasteiger partial charge in [0.1, 0.15) is 17.1 Å².